The second kappa shape index (κ2) is 7.23. The molecule has 1 aromatic carbocycles. The molecule has 2 nitrogen and oxygen atoms in total. The Hall–Kier alpha value is -0.870. The van der Waals surface area contributed by atoms with Gasteiger partial charge < -0.3 is 9.64 Å². The van der Waals surface area contributed by atoms with Gasteiger partial charge in [-0.25, -0.2) is 0 Å². The van der Waals surface area contributed by atoms with Crippen molar-refractivity contribution < 1.29 is 4.74 Å². The molecule has 0 spiro atoms. The maximum absolute atomic E-state index is 5.98. The summed E-state index contributed by atoms with van der Waals surface area (Å²) < 4.78 is 6.79. The molecule has 20 heavy (non-hydrogen) atoms. The lowest BCUT2D eigenvalue weighted by atomic mass is 10.0. The summed E-state index contributed by atoms with van der Waals surface area (Å²) in [4.78, 5) is 3.33. The Morgan fingerprint density at radius 2 is 1.95 bits per heavy atom. The van der Waals surface area contributed by atoms with Gasteiger partial charge in [0.2, 0.25) is 0 Å². The van der Waals surface area contributed by atoms with E-state index in [1.807, 2.05) is 12.1 Å². The SMILES string of the molecule is CC(OCc1ccc(Cl)s1)c1ccccc1CN(C)C. The maximum Gasteiger partial charge on any atom is 0.0932 e. The Balaban J connectivity index is 2.03. The van der Waals surface area contributed by atoms with Crippen LogP contribution in [0, 0.1) is 0 Å². The van der Waals surface area contributed by atoms with E-state index in [0.717, 1.165) is 15.8 Å². The Morgan fingerprint density at radius 3 is 2.60 bits per heavy atom. The smallest absolute Gasteiger partial charge is 0.0932 e. The zero-order chi connectivity index (χ0) is 14.5. The minimum Gasteiger partial charge on any atom is -0.368 e. The molecule has 0 bridgehead atoms. The van der Waals surface area contributed by atoms with Crippen molar-refractivity contribution >= 4 is 22.9 Å². The molecule has 1 atom stereocenters. The zero-order valence-corrected chi connectivity index (χ0v) is 13.7. The van der Waals surface area contributed by atoms with Gasteiger partial charge in [0, 0.05) is 11.4 Å². The predicted molar refractivity (Wildman–Crippen MR) is 86.4 cm³/mol. The van der Waals surface area contributed by atoms with E-state index in [4.69, 9.17) is 16.3 Å². The van der Waals surface area contributed by atoms with Crippen LogP contribution in [0.5, 0.6) is 0 Å². The maximum atomic E-state index is 5.98. The summed E-state index contributed by atoms with van der Waals surface area (Å²) in [6.45, 7) is 3.63. The third-order valence-electron chi connectivity index (χ3n) is 3.08. The third-order valence-corrected chi connectivity index (χ3v) is 4.29. The average molecular weight is 310 g/mol. The third kappa shape index (κ3) is 4.32. The Kier molecular flexibility index (Phi) is 5.61. The van der Waals surface area contributed by atoms with Gasteiger partial charge in [-0.3, -0.25) is 0 Å². The summed E-state index contributed by atoms with van der Waals surface area (Å²) in [5.74, 6) is 0. The first-order chi connectivity index (χ1) is 9.56. The number of rotatable bonds is 6. The van der Waals surface area contributed by atoms with E-state index >= 15 is 0 Å². The topological polar surface area (TPSA) is 12.5 Å². The highest BCUT2D eigenvalue weighted by Crippen LogP contribution is 2.26. The quantitative estimate of drug-likeness (QED) is 0.764. The van der Waals surface area contributed by atoms with E-state index in [2.05, 4.69) is 50.2 Å². The molecular formula is C16H20ClNOS. The fourth-order valence-corrected chi connectivity index (χ4v) is 3.15. The van der Waals surface area contributed by atoms with Crippen LogP contribution in [0.4, 0.5) is 0 Å². The van der Waals surface area contributed by atoms with Crippen molar-refractivity contribution in [2.24, 2.45) is 0 Å². The van der Waals surface area contributed by atoms with Crippen LogP contribution in [0.1, 0.15) is 29.0 Å². The van der Waals surface area contributed by atoms with Crippen LogP contribution in [0.15, 0.2) is 36.4 Å². The number of halogens is 1. The van der Waals surface area contributed by atoms with Crippen LogP contribution >= 0.6 is 22.9 Å². The first-order valence-electron chi connectivity index (χ1n) is 6.64. The number of thiophene rings is 1. The molecule has 108 valence electrons. The minimum absolute atomic E-state index is 0.0759. The van der Waals surface area contributed by atoms with Crippen molar-refractivity contribution in [3.63, 3.8) is 0 Å². The largest absolute Gasteiger partial charge is 0.368 e. The van der Waals surface area contributed by atoms with Gasteiger partial charge in [-0.1, -0.05) is 35.9 Å². The van der Waals surface area contributed by atoms with Gasteiger partial charge in [0.15, 0.2) is 0 Å². The summed E-state index contributed by atoms with van der Waals surface area (Å²) in [6, 6.07) is 12.4. The first kappa shape index (κ1) is 15.5. The molecule has 2 rings (SSSR count). The van der Waals surface area contributed by atoms with Crippen molar-refractivity contribution in [3.05, 3.63) is 56.7 Å². The summed E-state index contributed by atoms with van der Waals surface area (Å²) in [5, 5.41) is 0. The average Bonchev–Trinajstić information content (AvgIpc) is 2.82. The molecule has 1 aromatic heterocycles. The molecule has 0 amide bonds. The molecule has 0 aliphatic rings. The highest BCUT2D eigenvalue weighted by molar-refractivity contribution is 7.16. The van der Waals surface area contributed by atoms with Crippen LogP contribution in [-0.2, 0) is 17.9 Å². The van der Waals surface area contributed by atoms with Gasteiger partial charge in [0.05, 0.1) is 17.0 Å². The fourth-order valence-electron chi connectivity index (χ4n) is 2.14. The van der Waals surface area contributed by atoms with Crippen molar-refractivity contribution in [2.75, 3.05) is 14.1 Å². The Morgan fingerprint density at radius 1 is 1.20 bits per heavy atom. The summed E-state index contributed by atoms with van der Waals surface area (Å²) >= 11 is 7.50. The van der Waals surface area contributed by atoms with Crippen LogP contribution in [0.3, 0.4) is 0 Å². The van der Waals surface area contributed by atoms with Crippen molar-refractivity contribution in [2.45, 2.75) is 26.2 Å². The molecule has 0 radical (unpaired) electrons. The molecule has 1 heterocycles. The van der Waals surface area contributed by atoms with Gasteiger partial charge >= 0.3 is 0 Å². The fraction of sp³-hybridized carbons (Fsp3) is 0.375. The molecule has 0 saturated heterocycles. The van der Waals surface area contributed by atoms with Crippen LogP contribution in [-0.4, -0.2) is 19.0 Å². The number of nitrogens with zero attached hydrogens (tertiary/aromatic N) is 1. The second-order valence-electron chi connectivity index (χ2n) is 5.10. The van der Waals surface area contributed by atoms with Crippen molar-refractivity contribution in [1.29, 1.82) is 0 Å². The van der Waals surface area contributed by atoms with E-state index in [1.165, 1.54) is 11.1 Å². The standard InChI is InChI=1S/C16H20ClNOS/c1-12(19-11-14-8-9-16(17)20-14)15-7-5-4-6-13(15)10-18(2)3/h4-9,12H,10-11H2,1-3H3. The van der Waals surface area contributed by atoms with Gasteiger partial charge in [-0.05, 0) is 44.3 Å². The van der Waals surface area contributed by atoms with Gasteiger partial charge in [0.25, 0.3) is 0 Å². The monoisotopic (exact) mass is 309 g/mol. The molecular weight excluding hydrogens is 290 g/mol. The predicted octanol–water partition coefficient (Wildman–Crippen LogP) is 4.74. The van der Waals surface area contributed by atoms with Crippen LogP contribution in [0.25, 0.3) is 0 Å². The van der Waals surface area contributed by atoms with Crippen LogP contribution < -0.4 is 0 Å². The number of hydrogen-bond acceptors (Lipinski definition) is 3. The lowest BCUT2D eigenvalue weighted by molar-refractivity contribution is 0.0533. The van der Waals surface area contributed by atoms with Crippen LogP contribution in [0.2, 0.25) is 4.34 Å². The molecule has 1 unspecified atom stereocenters. The molecule has 0 saturated carbocycles. The van der Waals surface area contributed by atoms with Crippen molar-refractivity contribution in [3.8, 4) is 0 Å². The molecule has 0 aliphatic carbocycles. The van der Waals surface area contributed by atoms with E-state index in [0.29, 0.717) is 6.61 Å². The number of benzene rings is 1. The number of ether oxygens (including phenoxy) is 1. The van der Waals surface area contributed by atoms with E-state index in [9.17, 15) is 0 Å². The summed E-state index contributed by atoms with van der Waals surface area (Å²) in [6.07, 6.45) is 0.0759. The van der Waals surface area contributed by atoms with E-state index < -0.39 is 0 Å². The lowest BCUT2D eigenvalue weighted by Crippen LogP contribution is -2.13. The Labute approximate surface area is 129 Å². The second-order valence-corrected chi connectivity index (χ2v) is 6.90. The highest BCUT2D eigenvalue weighted by atomic mass is 35.5. The molecule has 0 aliphatic heterocycles. The highest BCUT2D eigenvalue weighted by Gasteiger charge is 2.12. The Bertz CT molecular complexity index is 553. The lowest BCUT2D eigenvalue weighted by Gasteiger charge is -2.19. The van der Waals surface area contributed by atoms with Gasteiger partial charge in [-0.15, -0.1) is 11.3 Å². The minimum atomic E-state index is 0.0759. The zero-order valence-electron chi connectivity index (χ0n) is 12.1. The van der Waals surface area contributed by atoms with Gasteiger partial charge in [-0.2, -0.15) is 0 Å². The molecule has 4 heteroatoms. The van der Waals surface area contributed by atoms with Gasteiger partial charge in [0.1, 0.15) is 0 Å². The normalized spacial score (nSPS) is 12.8. The molecule has 0 fully saturated rings. The summed E-state index contributed by atoms with van der Waals surface area (Å²) in [7, 11) is 4.16. The summed E-state index contributed by atoms with van der Waals surface area (Å²) in [5.41, 5.74) is 2.57. The number of hydrogen-bond donors (Lipinski definition) is 0. The molecule has 0 N–H and O–H groups in total. The van der Waals surface area contributed by atoms with E-state index in [-0.39, 0.29) is 6.10 Å². The molecule has 2 aromatic rings. The van der Waals surface area contributed by atoms with Crippen molar-refractivity contribution in [1.82, 2.24) is 4.90 Å². The van der Waals surface area contributed by atoms with E-state index in [1.54, 1.807) is 11.3 Å². The first-order valence-corrected chi connectivity index (χ1v) is 7.84.